The number of aryl methyl sites for hydroxylation is 3. The number of ether oxygens (including phenoxy) is 1. The number of piperidine rings is 1. The molecule has 4 rings (SSSR count). The number of hydrogen-bond acceptors (Lipinski definition) is 5. The number of nitrogens with zero attached hydrogens (tertiary/aromatic N) is 3. The van der Waals surface area contributed by atoms with Gasteiger partial charge in [-0.25, -0.2) is 4.98 Å². The van der Waals surface area contributed by atoms with Gasteiger partial charge in [0.2, 0.25) is 0 Å². The molecule has 2 aromatic rings. The number of likely N-dealkylation sites (tertiary alicyclic amines) is 1. The Labute approximate surface area is 147 Å². The van der Waals surface area contributed by atoms with Crippen LogP contribution in [0.3, 0.4) is 0 Å². The van der Waals surface area contributed by atoms with E-state index in [0.29, 0.717) is 5.92 Å². The summed E-state index contributed by atoms with van der Waals surface area (Å²) in [4.78, 5) is 13.2. The van der Waals surface area contributed by atoms with Crippen molar-refractivity contribution in [2.24, 2.45) is 5.92 Å². The van der Waals surface area contributed by atoms with E-state index < -0.39 is 0 Å². The summed E-state index contributed by atoms with van der Waals surface area (Å²) in [6.45, 7) is 6.13. The maximum atomic E-state index is 5.99. The molecule has 1 aliphatic carbocycles. The lowest BCUT2D eigenvalue weighted by Gasteiger charge is -2.32. The van der Waals surface area contributed by atoms with Crippen molar-refractivity contribution in [2.75, 3.05) is 19.7 Å². The van der Waals surface area contributed by atoms with Gasteiger partial charge in [0, 0.05) is 35.3 Å². The van der Waals surface area contributed by atoms with Gasteiger partial charge in [0.25, 0.3) is 0 Å². The van der Waals surface area contributed by atoms with Gasteiger partial charge in [-0.15, -0.1) is 11.3 Å². The first-order chi connectivity index (χ1) is 11.8. The third-order valence-corrected chi connectivity index (χ3v) is 6.10. The van der Waals surface area contributed by atoms with Gasteiger partial charge < -0.3 is 4.74 Å². The number of hydrogen-bond donors (Lipinski definition) is 0. The van der Waals surface area contributed by atoms with Crippen molar-refractivity contribution in [1.29, 1.82) is 0 Å². The van der Waals surface area contributed by atoms with Gasteiger partial charge in [-0.3, -0.25) is 9.88 Å². The Bertz CT molecular complexity index is 678. The molecule has 128 valence electrons. The van der Waals surface area contributed by atoms with Gasteiger partial charge in [0.05, 0.1) is 18.8 Å². The van der Waals surface area contributed by atoms with Crippen LogP contribution in [0.4, 0.5) is 0 Å². The highest BCUT2D eigenvalue weighted by Crippen LogP contribution is 2.29. The molecule has 0 amide bonds. The van der Waals surface area contributed by atoms with E-state index in [9.17, 15) is 0 Å². The molecule has 1 atom stereocenters. The SMILES string of the molecule is Cc1cc(OCC2CCCN(Cc3nc4c(s3)CCC4)C2)ccn1. The molecule has 2 aromatic heterocycles. The Hall–Kier alpha value is -1.46. The van der Waals surface area contributed by atoms with E-state index >= 15 is 0 Å². The highest BCUT2D eigenvalue weighted by molar-refractivity contribution is 7.11. The normalized spacial score (nSPS) is 21.0. The molecule has 5 heteroatoms. The van der Waals surface area contributed by atoms with Crippen molar-refractivity contribution >= 4 is 11.3 Å². The van der Waals surface area contributed by atoms with Crippen molar-refractivity contribution < 1.29 is 4.74 Å². The highest BCUT2D eigenvalue weighted by Gasteiger charge is 2.23. The van der Waals surface area contributed by atoms with Gasteiger partial charge >= 0.3 is 0 Å². The minimum atomic E-state index is 0.610. The molecule has 1 saturated heterocycles. The van der Waals surface area contributed by atoms with Crippen LogP contribution in [0.25, 0.3) is 0 Å². The highest BCUT2D eigenvalue weighted by atomic mass is 32.1. The molecular formula is C19H25N3OS. The predicted molar refractivity (Wildman–Crippen MR) is 96.6 cm³/mol. The molecule has 1 aliphatic heterocycles. The van der Waals surface area contributed by atoms with Crippen LogP contribution in [0.1, 0.15) is 40.5 Å². The molecule has 4 nitrogen and oxygen atoms in total. The molecule has 0 bridgehead atoms. The number of thiazole rings is 1. The monoisotopic (exact) mass is 343 g/mol. The van der Waals surface area contributed by atoms with Gasteiger partial charge in [0.15, 0.2) is 0 Å². The summed E-state index contributed by atoms with van der Waals surface area (Å²) in [5.41, 5.74) is 2.38. The molecular weight excluding hydrogens is 318 g/mol. The summed E-state index contributed by atoms with van der Waals surface area (Å²) in [5.74, 6) is 1.55. The van der Waals surface area contributed by atoms with Crippen molar-refractivity contribution in [2.45, 2.75) is 45.6 Å². The van der Waals surface area contributed by atoms with Crippen molar-refractivity contribution in [1.82, 2.24) is 14.9 Å². The summed E-state index contributed by atoms with van der Waals surface area (Å²) >= 11 is 1.94. The van der Waals surface area contributed by atoms with Gasteiger partial charge in [0.1, 0.15) is 10.8 Å². The molecule has 0 saturated carbocycles. The van der Waals surface area contributed by atoms with Crippen molar-refractivity contribution in [3.8, 4) is 5.75 Å². The summed E-state index contributed by atoms with van der Waals surface area (Å²) in [7, 11) is 0. The quantitative estimate of drug-likeness (QED) is 0.831. The van der Waals surface area contributed by atoms with E-state index in [0.717, 1.165) is 31.1 Å². The summed E-state index contributed by atoms with van der Waals surface area (Å²) < 4.78 is 5.99. The third kappa shape index (κ3) is 3.78. The molecule has 3 heterocycles. The van der Waals surface area contributed by atoms with Crippen LogP contribution in [-0.4, -0.2) is 34.6 Å². The van der Waals surface area contributed by atoms with Crippen LogP contribution < -0.4 is 4.74 Å². The van der Waals surface area contributed by atoms with E-state index in [1.54, 1.807) is 0 Å². The Balaban J connectivity index is 1.30. The maximum absolute atomic E-state index is 5.99. The minimum absolute atomic E-state index is 0.610. The minimum Gasteiger partial charge on any atom is -0.493 e. The zero-order chi connectivity index (χ0) is 16.4. The Morgan fingerprint density at radius 3 is 3.17 bits per heavy atom. The lowest BCUT2D eigenvalue weighted by Crippen LogP contribution is -2.37. The van der Waals surface area contributed by atoms with Crippen LogP contribution in [0, 0.1) is 12.8 Å². The molecule has 1 unspecified atom stereocenters. The zero-order valence-corrected chi connectivity index (χ0v) is 15.1. The zero-order valence-electron chi connectivity index (χ0n) is 14.3. The smallest absolute Gasteiger partial charge is 0.122 e. The molecule has 0 radical (unpaired) electrons. The van der Waals surface area contributed by atoms with Crippen LogP contribution in [0.15, 0.2) is 18.3 Å². The van der Waals surface area contributed by atoms with E-state index in [2.05, 4.69) is 9.88 Å². The van der Waals surface area contributed by atoms with Crippen LogP contribution in [0.5, 0.6) is 5.75 Å². The van der Waals surface area contributed by atoms with Crippen LogP contribution >= 0.6 is 11.3 Å². The van der Waals surface area contributed by atoms with E-state index in [1.807, 2.05) is 36.6 Å². The molecule has 24 heavy (non-hydrogen) atoms. The summed E-state index contributed by atoms with van der Waals surface area (Å²) in [5, 5.41) is 1.31. The second-order valence-electron chi connectivity index (χ2n) is 7.02. The summed E-state index contributed by atoms with van der Waals surface area (Å²) in [6, 6.07) is 3.96. The molecule has 0 spiro atoms. The van der Waals surface area contributed by atoms with E-state index in [1.165, 1.54) is 54.2 Å². The fourth-order valence-electron chi connectivity index (χ4n) is 3.76. The topological polar surface area (TPSA) is 38.2 Å². The summed E-state index contributed by atoms with van der Waals surface area (Å²) in [6.07, 6.45) is 8.07. The van der Waals surface area contributed by atoms with Crippen molar-refractivity contribution in [3.05, 3.63) is 39.6 Å². The third-order valence-electron chi connectivity index (χ3n) is 4.96. The van der Waals surface area contributed by atoms with Gasteiger partial charge in [-0.1, -0.05) is 0 Å². The fraction of sp³-hybridized carbons (Fsp3) is 0.579. The lowest BCUT2D eigenvalue weighted by atomic mass is 9.99. The average Bonchev–Trinajstić information content (AvgIpc) is 3.15. The molecule has 1 fully saturated rings. The first-order valence-corrected chi connectivity index (χ1v) is 9.83. The fourth-order valence-corrected chi connectivity index (χ4v) is 4.96. The van der Waals surface area contributed by atoms with E-state index in [-0.39, 0.29) is 0 Å². The average molecular weight is 343 g/mol. The van der Waals surface area contributed by atoms with Gasteiger partial charge in [-0.05, 0) is 51.6 Å². The number of pyridine rings is 1. The lowest BCUT2D eigenvalue weighted by molar-refractivity contribution is 0.125. The second kappa shape index (κ2) is 7.19. The van der Waals surface area contributed by atoms with Crippen LogP contribution in [-0.2, 0) is 19.4 Å². The second-order valence-corrected chi connectivity index (χ2v) is 8.19. The standard InChI is InChI=1S/C19H25N3OS/c1-14-10-16(7-8-20-14)23-13-15-4-3-9-22(11-15)12-19-21-17-5-2-6-18(17)24-19/h7-8,10,15H,2-6,9,11-13H2,1H3. The number of fused-ring (bicyclic) bond motifs is 1. The number of rotatable bonds is 5. The number of aromatic nitrogens is 2. The van der Waals surface area contributed by atoms with Gasteiger partial charge in [-0.2, -0.15) is 0 Å². The van der Waals surface area contributed by atoms with Crippen molar-refractivity contribution in [3.63, 3.8) is 0 Å². The molecule has 0 aromatic carbocycles. The molecule has 2 aliphatic rings. The molecule has 0 N–H and O–H groups in total. The Morgan fingerprint density at radius 1 is 1.33 bits per heavy atom. The Kier molecular flexibility index (Phi) is 4.81. The first-order valence-electron chi connectivity index (χ1n) is 9.01. The Morgan fingerprint density at radius 2 is 2.29 bits per heavy atom. The van der Waals surface area contributed by atoms with Crippen LogP contribution in [0.2, 0.25) is 0 Å². The maximum Gasteiger partial charge on any atom is 0.122 e. The predicted octanol–water partition coefficient (Wildman–Crippen LogP) is 3.63. The van der Waals surface area contributed by atoms with E-state index in [4.69, 9.17) is 9.72 Å². The first kappa shape index (κ1) is 16.0. The largest absolute Gasteiger partial charge is 0.493 e.